The fraction of sp³-hybridized carbons (Fsp3) is 0.611. The molecule has 134 valence electrons. The van der Waals surface area contributed by atoms with Crippen LogP contribution >= 0.6 is 11.3 Å². The van der Waals surface area contributed by atoms with Crippen molar-refractivity contribution in [3.63, 3.8) is 0 Å². The third-order valence-corrected chi connectivity index (χ3v) is 5.77. The molecule has 0 aromatic carbocycles. The Balaban J connectivity index is 2.16. The van der Waals surface area contributed by atoms with Crippen molar-refractivity contribution in [2.75, 3.05) is 13.1 Å². The van der Waals surface area contributed by atoms with Crippen molar-refractivity contribution in [2.45, 2.75) is 45.1 Å². The van der Waals surface area contributed by atoms with Crippen molar-refractivity contribution in [3.05, 3.63) is 22.4 Å². The summed E-state index contributed by atoms with van der Waals surface area (Å²) < 4.78 is 0. The van der Waals surface area contributed by atoms with E-state index in [-0.39, 0.29) is 24.9 Å². The number of hydrogen-bond donors (Lipinski definition) is 2. The Labute approximate surface area is 152 Å². The number of rotatable bonds is 7. The topological polar surface area (TPSA) is 101 Å². The molecule has 0 bridgehead atoms. The van der Waals surface area contributed by atoms with Crippen LogP contribution in [0.15, 0.2) is 27.1 Å². The first kappa shape index (κ1) is 19.3. The number of amides is 1. The van der Waals surface area contributed by atoms with Crippen LogP contribution in [0, 0.1) is 28.6 Å². The second-order valence-corrected chi connectivity index (χ2v) is 7.64. The van der Waals surface area contributed by atoms with Crippen LogP contribution in [0.1, 0.15) is 49.9 Å². The van der Waals surface area contributed by atoms with E-state index in [0.717, 1.165) is 25.7 Å². The molecule has 7 heteroatoms. The molecular formula is C18H25N5OS. The van der Waals surface area contributed by atoms with Gasteiger partial charge in [-0.2, -0.15) is 26.8 Å². The third-order valence-electron chi connectivity index (χ3n) is 5.09. The van der Waals surface area contributed by atoms with E-state index in [1.807, 2.05) is 23.8 Å². The summed E-state index contributed by atoms with van der Waals surface area (Å²) in [5.74, 6) is 0.753. The summed E-state index contributed by atoms with van der Waals surface area (Å²) in [5.41, 5.74) is 0.224. The zero-order valence-corrected chi connectivity index (χ0v) is 15.6. The number of carbonyl (C=O) groups is 1. The molecule has 25 heavy (non-hydrogen) atoms. The van der Waals surface area contributed by atoms with Gasteiger partial charge < -0.3 is 10.7 Å². The van der Waals surface area contributed by atoms with Gasteiger partial charge >= 0.3 is 0 Å². The normalized spacial score (nSPS) is 22.9. The lowest BCUT2D eigenvalue weighted by molar-refractivity contribution is 0.0886. The quantitative estimate of drug-likeness (QED) is 0.436. The second kappa shape index (κ2) is 8.86. The monoisotopic (exact) mass is 359 g/mol. The van der Waals surface area contributed by atoms with Gasteiger partial charge in [-0.05, 0) is 43.0 Å². The Morgan fingerprint density at radius 3 is 2.76 bits per heavy atom. The summed E-state index contributed by atoms with van der Waals surface area (Å²) in [6.07, 6.45) is 4.19. The van der Waals surface area contributed by atoms with Crippen LogP contribution in [0.4, 0.5) is 0 Å². The molecule has 2 N–H and O–H groups in total. The Hall–Kier alpha value is -2.07. The van der Waals surface area contributed by atoms with Crippen molar-refractivity contribution in [1.82, 2.24) is 5.32 Å². The van der Waals surface area contributed by atoms with Crippen molar-refractivity contribution >= 4 is 23.0 Å². The summed E-state index contributed by atoms with van der Waals surface area (Å²) in [5, 5.41) is 31.5. The fourth-order valence-corrected chi connectivity index (χ4v) is 3.97. The van der Waals surface area contributed by atoms with Crippen molar-refractivity contribution in [1.29, 1.82) is 10.7 Å². The number of hydrogen-bond acceptors (Lipinski definition) is 6. The predicted molar refractivity (Wildman–Crippen MR) is 99.2 cm³/mol. The van der Waals surface area contributed by atoms with Crippen LogP contribution in [0.2, 0.25) is 0 Å². The first-order chi connectivity index (χ1) is 12.0. The van der Waals surface area contributed by atoms with Gasteiger partial charge in [0.15, 0.2) is 0 Å². The summed E-state index contributed by atoms with van der Waals surface area (Å²) >= 11 is 1.48. The lowest BCUT2D eigenvalue weighted by Gasteiger charge is -2.41. The average molecular weight is 359 g/mol. The molecule has 1 aliphatic rings. The molecule has 0 saturated heterocycles. The molecule has 0 radical (unpaired) electrons. The van der Waals surface area contributed by atoms with Crippen molar-refractivity contribution in [2.24, 2.45) is 22.1 Å². The molecule has 1 aliphatic carbocycles. The molecule has 1 fully saturated rings. The molecule has 1 atom stereocenters. The molecule has 1 aromatic heterocycles. The molecule has 1 amide bonds. The van der Waals surface area contributed by atoms with E-state index in [1.165, 1.54) is 11.3 Å². The highest BCUT2D eigenvalue weighted by Gasteiger charge is 2.41. The van der Waals surface area contributed by atoms with Crippen LogP contribution in [0.3, 0.4) is 0 Å². The lowest BCUT2D eigenvalue weighted by Crippen LogP contribution is -2.58. The zero-order chi connectivity index (χ0) is 18.3. The van der Waals surface area contributed by atoms with Gasteiger partial charge in [0.1, 0.15) is 6.54 Å². The number of nitrogens with one attached hydrogen (secondary N) is 2. The Morgan fingerprint density at radius 2 is 2.16 bits per heavy atom. The molecule has 0 spiro atoms. The van der Waals surface area contributed by atoms with Crippen LogP contribution < -0.4 is 5.32 Å². The summed E-state index contributed by atoms with van der Waals surface area (Å²) in [7, 11) is 0. The van der Waals surface area contributed by atoms with E-state index in [2.05, 4.69) is 22.5 Å². The number of nitrogens with zero attached hydrogens (tertiary/aromatic N) is 3. The van der Waals surface area contributed by atoms with E-state index in [0.29, 0.717) is 17.2 Å². The largest absolute Gasteiger partial charge is 0.341 e. The van der Waals surface area contributed by atoms with Crippen molar-refractivity contribution in [3.8, 4) is 6.07 Å². The molecule has 1 heterocycles. The Bertz CT molecular complexity index is 656. The van der Waals surface area contributed by atoms with Gasteiger partial charge in [-0.15, -0.1) is 0 Å². The third kappa shape index (κ3) is 4.95. The van der Waals surface area contributed by atoms with E-state index in [9.17, 15) is 4.79 Å². The maximum Gasteiger partial charge on any atom is 0.252 e. The van der Waals surface area contributed by atoms with Gasteiger partial charge in [-0.3, -0.25) is 4.79 Å². The minimum atomic E-state index is -0.745. The highest BCUT2D eigenvalue weighted by molar-refractivity contribution is 7.08. The number of nitriles is 1. The van der Waals surface area contributed by atoms with Crippen LogP contribution in [-0.4, -0.2) is 30.2 Å². The van der Waals surface area contributed by atoms with Crippen LogP contribution in [-0.2, 0) is 0 Å². The zero-order valence-electron chi connectivity index (χ0n) is 14.8. The average Bonchev–Trinajstić information content (AvgIpc) is 3.13. The standard InChI is InChI=1S/C18H25N5OS/c1-13-3-5-15(6-4-13)18(2,16(20)11-22-21-9-8-19)23-17(24)14-7-10-25-12-14/h7,10,12-13,15,20H,3-6,9,11H2,1-2H3,(H,23,24). The molecule has 2 rings (SSSR count). The molecule has 1 aromatic rings. The molecule has 1 unspecified atom stereocenters. The number of carbonyl (C=O) groups excluding carboxylic acids is 1. The second-order valence-electron chi connectivity index (χ2n) is 6.86. The minimum Gasteiger partial charge on any atom is -0.341 e. The van der Waals surface area contributed by atoms with Crippen LogP contribution in [0.5, 0.6) is 0 Å². The lowest BCUT2D eigenvalue weighted by atomic mass is 9.70. The maximum atomic E-state index is 12.6. The summed E-state index contributed by atoms with van der Waals surface area (Å²) in [4.78, 5) is 12.6. The number of thiophene rings is 1. The Morgan fingerprint density at radius 1 is 1.44 bits per heavy atom. The SMILES string of the molecule is CC1CCC(C(C)(NC(=O)c2ccsc2)C(=N)CN=NCC#N)CC1. The van der Waals surface area contributed by atoms with Gasteiger partial charge in [0.05, 0.1) is 29.4 Å². The fourth-order valence-electron chi connectivity index (χ4n) is 3.33. The minimum absolute atomic E-state index is 0.00774. The smallest absolute Gasteiger partial charge is 0.252 e. The molecule has 1 saturated carbocycles. The van der Waals surface area contributed by atoms with Gasteiger partial charge in [0.2, 0.25) is 0 Å². The predicted octanol–water partition coefficient (Wildman–Crippen LogP) is 4.06. The van der Waals surface area contributed by atoms with Gasteiger partial charge in [-0.1, -0.05) is 19.8 Å². The van der Waals surface area contributed by atoms with Crippen LogP contribution in [0.25, 0.3) is 0 Å². The maximum absolute atomic E-state index is 12.6. The van der Waals surface area contributed by atoms with E-state index >= 15 is 0 Å². The highest BCUT2D eigenvalue weighted by Crippen LogP contribution is 2.36. The summed E-state index contributed by atoms with van der Waals surface area (Å²) in [6, 6.07) is 3.69. The van der Waals surface area contributed by atoms with Gasteiger partial charge in [0.25, 0.3) is 5.91 Å². The Kier molecular flexibility index (Phi) is 6.82. The van der Waals surface area contributed by atoms with Gasteiger partial charge in [0, 0.05) is 5.38 Å². The number of azo groups is 1. The first-order valence-corrected chi connectivity index (χ1v) is 9.54. The summed E-state index contributed by atoms with van der Waals surface area (Å²) in [6.45, 7) is 4.28. The molecular weight excluding hydrogens is 334 g/mol. The van der Waals surface area contributed by atoms with E-state index < -0.39 is 5.54 Å². The molecule has 0 aliphatic heterocycles. The van der Waals surface area contributed by atoms with Crippen molar-refractivity contribution < 1.29 is 4.79 Å². The highest BCUT2D eigenvalue weighted by atomic mass is 32.1. The first-order valence-electron chi connectivity index (χ1n) is 8.60. The van der Waals surface area contributed by atoms with E-state index in [4.69, 9.17) is 10.7 Å². The van der Waals surface area contributed by atoms with E-state index in [1.54, 1.807) is 6.07 Å². The van der Waals surface area contributed by atoms with Gasteiger partial charge in [-0.25, -0.2) is 0 Å². The molecule has 6 nitrogen and oxygen atoms in total.